The second-order valence-corrected chi connectivity index (χ2v) is 11.4. The third-order valence-electron chi connectivity index (χ3n) is 6.06. The van der Waals surface area contributed by atoms with E-state index in [0.29, 0.717) is 17.2 Å². The molecule has 3 aromatic carbocycles. The average Bonchev–Trinajstić information content (AvgIpc) is 3.32. The van der Waals surface area contributed by atoms with E-state index in [9.17, 15) is 13.2 Å². The van der Waals surface area contributed by atoms with Crippen LogP contribution in [0.1, 0.15) is 36.3 Å². The van der Waals surface area contributed by atoms with Crippen molar-refractivity contribution >= 4 is 38.5 Å². The van der Waals surface area contributed by atoms with E-state index in [1.807, 2.05) is 75.4 Å². The fourth-order valence-electron chi connectivity index (χ4n) is 4.14. The number of ether oxygens (including phenoxy) is 1. The Bertz CT molecular complexity index is 1600. The Balaban J connectivity index is 1.76. The number of rotatable bonds is 10. The number of anilines is 1. The van der Waals surface area contributed by atoms with E-state index in [2.05, 4.69) is 0 Å². The third kappa shape index (κ3) is 6.08. The standard InChI is InChI=1S/C30H31NO6S/c1-20(2)18-31(38(34,35)30-14-9-22(4)37-30)27-16-24-7-5-6-8-25(24)17-28(27)36-19-26-12-10-23(15-21(26)3)11-13-29(32)33/h5-17,20H,18-19H2,1-4H3,(H,32,33)/b13-11+. The molecule has 0 aliphatic heterocycles. The van der Waals surface area contributed by atoms with E-state index in [1.54, 1.807) is 13.0 Å². The van der Waals surface area contributed by atoms with E-state index in [4.69, 9.17) is 14.3 Å². The lowest BCUT2D eigenvalue weighted by Gasteiger charge is -2.27. The lowest BCUT2D eigenvalue weighted by Crippen LogP contribution is -2.34. The smallest absolute Gasteiger partial charge is 0.328 e. The van der Waals surface area contributed by atoms with Crippen LogP contribution < -0.4 is 9.04 Å². The molecule has 4 aromatic rings. The molecule has 0 spiro atoms. The van der Waals surface area contributed by atoms with Gasteiger partial charge in [0, 0.05) is 12.6 Å². The number of aryl methyl sites for hydroxylation is 2. The molecule has 0 saturated carbocycles. The summed E-state index contributed by atoms with van der Waals surface area (Å²) in [7, 11) is -4.00. The summed E-state index contributed by atoms with van der Waals surface area (Å²) in [4.78, 5) is 10.8. The number of nitrogens with zero attached hydrogens (tertiary/aromatic N) is 1. The summed E-state index contributed by atoms with van der Waals surface area (Å²) in [6.45, 7) is 7.99. The number of hydrogen-bond donors (Lipinski definition) is 1. The minimum Gasteiger partial charge on any atom is -0.487 e. The van der Waals surface area contributed by atoms with Crippen molar-refractivity contribution in [1.29, 1.82) is 0 Å². The lowest BCUT2D eigenvalue weighted by molar-refractivity contribution is -0.131. The van der Waals surface area contributed by atoms with Gasteiger partial charge in [-0.25, -0.2) is 4.79 Å². The van der Waals surface area contributed by atoms with Crippen molar-refractivity contribution in [3.05, 3.63) is 95.3 Å². The van der Waals surface area contributed by atoms with Crippen LogP contribution in [0.2, 0.25) is 0 Å². The zero-order valence-corrected chi connectivity index (χ0v) is 22.7. The van der Waals surface area contributed by atoms with Gasteiger partial charge in [-0.2, -0.15) is 8.42 Å². The van der Waals surface area contributed by atoms with Crippen LogP contribution in [0, 0.1) is 19.8 Å². The van der Waals surface area contributed by atoms with Gasteiger partial charge < -0.3 is 14.3 Å². The summed E-state index contributed by atoms with van der Waals surface area (Å²) in [6, 6.07) is 20.1. The van der Waals surface area contributed by atoms with Gasteiger partial charge in [-0.3, -0.25) is 4.31 Å². The van der Waals surface area contributed by atoms with Crippen molar-refractivity contribution in [2.45, 2.75) is 39.4 Å². The monoisotopic (exact) mass is 533 g/mol. The number of sulfonamides is 1. The molecular formula is C30H31NO6S. The van der Waals surface area contributed by atoms with Crippen LogP contribution in [0.25, 0.3) is 16.8 Å². The number of furan rings is 1. The van der Waals surface area contributed by atoms with Gasteiger partial charge in [-0.1, -0.05) is 56.3 Å². The predicted molar refractivity (Wildman–Crippen MR) is 149 cm³/mol. The summed E-state index contributed by atoms with van der Waals surface area (Å²) in [5, 5.41) is 10.6. The van der Waals surface area contributed by atoms with Gasteiger partial charge in [0.15, 0.2) is 0 Å². The minimum atomic E-state index is -4.00. The molecule has 198 valence electrons. The maximum absolute atomic E-state index is 13.8. The predicted octanol–water partition coefficient (Wildman–Crippen LogP) is 6.58. The molecule has 1 N–H and O–H groups in total. The topological polar surface area (TPSA) is 97.0 Å². The van der Waals surface area contributed by atoms with Gasteiger partial charge in [0.05, 0.1) is 5.69 Å². The molecule has 0 atom stereocenters. The quantitative estimate of drug-likeness (QED) is 0.231. The van der Waals surface area contributed by atoms with Gasteiger partial charge in [0.1, 0.15) is 18.1 Å². The summed E-state index contributed by atoms with van der Waals surface area (Å²) in [6.07, 6.45) is 2.63. The van der Waals surface area contributed by atoms with Crippen LogP contribution in [0.4, 0.5) is 5.69 Å². The van der Waals surface area contributed by atoms with E-state index >= 15 is 0 Å². The van der Waals surface area contributed by atoms with Gasteiger partial charge in [-0.05, 0) is 77.6 Å². The number of carbonyl (C=O) groups is 1. The Morgan fingerprint density at radius 2 is 1.74 bits per heavy atom. The highest BCUT2D eigenvalue weighted by Gasteiger charge is 2.31. The first-order chi connectivity index (χ1) is 18.0. The van der Waals surface area contributed by atoms with Gasteiger partial charge in [0.25, 0.3) is 10.0 Å². The number of fused-ring (bicyclic) bond motifs is 1. The van der Waals surface area contributed by atoms with Crippen molar-refractivity contribution in [3.8, 4) is 5.75 Å². The maximum atomic E-state index is 13.8. The molecule has 0 bridgehead atoms. The molecule has 7 nitrogen and oxygen atoms in total. The average molecular weight is 534 g/mol. The van der Waals surface area contributed by atoms with Crippen LogP contribution in [-0.2, 0) is 21.4 Å². The van der Waals surface area contributed by atoms with E-state index in [-0.39, 0.29) is 24.2 Å². The van der Waals surface area contributed by atoms with Crippen LogP contribution in [0.15, 0.2) is 82.3 Å². The molecule has 8 heteroatoms. The zero-order chi connectivity index (χ0) is 27.4. The van der Waals surface area contributed by atoms with Crippen molar-refractivity contribution in [2.75, 3.05) is 10.8 Å². The molecule has 0 saturated heterocycles. The molecule has 0 unspecified atom stereocenters. The van der Waals surface area contributed by atoms with Crippen molar-refractivity contribution in [2.24, 2.45) is 5.92 Å². The number of hydrogen-bond acceptors (Lipinski definition) is 5. The fraction of sp³-hybridized carbons (Fsp3) is 0.233. The highest BCUT2D eigenvalue weighted by Crippen LogP contribution is 2.38. The minimum absolute atomic E-state index is 0.0359. The largest absolute Gasteiger partial charge is 0.487 e. The molecule has 0 amide bonds. The first-order valence-electron chi connectivity index (χ1n) is 12.3. The molecule has 1 heterocycles. The fourth-order valence-corrected chi connectivity index (χ4v) is 5.73. The highest BCUT2D eigenvalue weighted by atomic mass is 32.2. The molecule has 0 aliphatic rings. The van der Waals surface area contributed by atoms with Gasteiger partial charge in [0.2, 0.25) is 5.09 Å². The molecule has 4 rings (SSSR count). The Morgan fingerprint density at radius 1 is 1.03 bits per heavy atom. The second-order valence-electron chi connectivity index (χ2n) is 9.61. The van der Waals surface area contributed by atoms with E-state index in [1.165, 1.54) is 16.4 Å². The summed E-state index contributed by atoms with van der Waals surface area (Å²) in [5.74, 6) is -0.0241. The highest BCUT2D eigenvalue weighted by molar-refractivity contribution is 7.92. The molecular weight excluding hydrogens is 502 g/mol. The Kier molecular flexibility index (Phi) is 7.92. The third-order valence-corrected chi connectivity index (χ3v) is 7.71. The Labute approximate surface area is 223 Å². The molecule has 0 fully saturated rings. The number of carboxylic acids is 1. The van der Waals surface area contributed by atoms with Crippen LogP contribution in [0.5, 0.6) is 5.75 Å². The molecule has 0 radical (unpaired) electrons. The first kappa shape index (κ1) is 27.0. The zero-order valence-electron chi connectivity index (χ0n) is 21.8. The molecule has 38 heavy (non-hydrogen) atoms. The lowest BCUT2D eigenvalue weighted by atomic mass is 10.1. The van der Waals surface area contributed by atoms with Crippen LogP contribution in [-0.4, -0.2) is 26.0 Å². The summed E-state index contributed by atoms with van der Waals surface area (Å²) < 4.78 is 40.8. The Morgan fingerprint density at radius 3 is 2.34 bits per heavy atom. The van der Waals surface area contributed by atoms with Crippen molar-refractivity contribution in [3.63, 3.8) is 0 Å². The van der Waals surface area contributed by atoms with Crippen molar-refractivity contribution < 1.29 is 27.5 Å². The van der Waals surface area contributed by atoms with Crippen LogP contribution >= 0.6 is 0 Å². The maximum Gasteiger partial charge on any atom is 0.328 e. The van der Waals surface area contributed by atoms with Gasteiger partial charge in [-0.15, -0.1) is 0 Å². The molecule has 1 aromatic heterocycles. The second kappa shape index (κ2) is 11.1. The summed E-state index contributed by atoms with van der Waals surface area (Å²) >= 11 is 0. The van der Waals surface area contributed by atoms with E-state index < -0.39 is 16.0 Å². The Hall–Kier alpha value is -4.04. The molecule has 0 aliphatic carbocycles. The SMILES string of the molecule is Cc1ccc(S(=O)(=O)N(CC(C)C)c2cc3ccccc3cc2OCc2ccc(/C=C/C(=O)O)cc2C)o1. The first-order valence-corrected chi connectivity index (χ1v) is 13.7. The number of aliphatic carboxylic acids is 1. The number of carboxylic acid groups (broad SMARTS) is 1. The normalized spacial score (nSPS) is 11.9. The summed E-state index contributed by atoms with van der Waals surface area (Å²) in [5.41, 5.74) is 3.03. The van der Waals surface area contributed by atoms with Gasteiger partial charge >= 0.3 is 5.97 Å². The number of benzene rings is 3. The van der Waals surface area contributed by atoms with Crippen molar-refractivity contribution in [1.82, 2.24) is 0 Å². The van der Waals surface area contributed by atoms with E-state index in [0.717, 1.165) is 33.5 Å². The van der Waals surface area contributed by atoms with Crippen LogP contribution in [0.3, 0.4) is 0 Å².